The van der Waals surface area contributed by atoms with Gasteiger partial charge in [0.15, 0.2) is 0 Å². The minimum Gasteiger partial charge on any atom is -0.412 e. The molecule has 2 nitrogen and oxygen atoms in total. The van der Waals surface area contributed by atoms with Crippen LogP contribution in [-0.4, -0.2) is 25.1 Å². The van der Waals surface area contributed by atoms with Crippen LogP contribution in [0.15, 0.2) is 29.2 Å². The predicted molar refractivity (Wildman–Crippen MR) is 53.6 cm³/mol. The first-order valence-electron chi connectivity index (χ1n) is 2.93. The summed E-state index contributed by atoms with van der Waals surface area (Å²) in [5.41, 5.74) is 1.34. The van der Waals surface area contributed by atoms with Crippen molar-refractivity contribution in [2.24, 2.45) is 0 Å². The van der Waals surface area contributed by atoms with Crippen molar-refractivity contribution >= 4 is 25.1 Å². The molecule has 0 radical (unpaired) electrons. The maximum Gasteiger partial charge on any atom is 0.139 e. The van der Waals surface area contributed by atoms with Gasteiger partial charge in [0.1, 0.15) is 7.85 Å². The Hall–Kier alpha value is -0.445. The van der Waals surface area contributed by atoms with Crippen molar-refractivity contribution in [3.05, 3.63) is 24.3 Å². The van der Waals surface area contributed by atoms with E-state index in [1.54, 1.807) is 11.8 Å². The molecule has 0 fully saturated rings. The van der Waals surface area contributed by atoms with E-state index >= 15 is 0 Å². The highest BCUT2D eigenvalue weighted by molar-refractivity contribution is 7.98. The third-order valence-electron chi connectivity index (χ3n) is 1.23. The molecule has 1 aromatic rings. The van der Waals surface area contributed by atoms with Crippen molar-refractivity contribution in [1.29, 1.82) is 0 Å². The van der Waals surface area contributed by atoms with Crippen LogP contribution >= 0.6 is 11.8 Å². The van der Waals surface area contributed by atoms with Gasteiger partial charge in [-0.3, -0.25) is 0 Å². The number of hydrogen-bond donors (Lipinski definition) is 0. The second-order valence-corrected chi connectivity index (χ2v) is 2.90. The van der Waals surface area contributed by atoms with Gasteiger partial charge in [0.2, 0.25) is 0 Å². The van der Waals surface area contributed by atoms with Gasteiger partial charge in [0.05, 0.1) is 0 Å². The van der Waals surface area contributed by atoms with Gasteiger partial charge < -0.3 is 11.0 Å². The summed E-state index contributed by atoms with van der Waals surface area (Å²) in [4.78, 5) is 1.34. The quantitative estimate of drug-likeness (QED) is 0.396. The number of benzene rings is 1. The zero-order valence-electron chi connectivity index (χ0n) is 6.72. The Kier molecular flexibility index (Phi) is 7.51. The molecule has 4 heteroatoms. The molecule has 0 saturated heterocycles. The minimum atomic E-state index is 0. The summed E-state index contributed by atoms with van der Waals surface area (Å²) in [5.74, 6) is 0. The topological polar surface area (TPSA) is 63.0 Å². The fourth-order valence-electron chi connectivity index (χ4n) is 0.742. The van der Waals surface area contributed by atoms with Gasteiger partial charge in [-0.2, -0.15) is 0 Å². The minimum absolute atomic E-state index is 0. The lowest BCUT2D eigenvalue weighted by molar-refractivity contribution is 0.823. The maximum absolute atomic E-state index is 2.19. The summed E-state index contributed by atoms with van der Waals surface area (Å²) in [6.45, 7) is 0. The first kappa shape index (κ1) is 13.2. The highest BCUT2D eigenvalue weighted by Gasteiger charge is 1.86. The van der Waals surface area contributed by atoms with Crippen LogP contribution < -0.4 is 5.46 Å². The summed E-state index contributed by atoms with van der Waals surface area (Å²) < 4.78 is 0. The molecular formula is C7H13BO2S. The number of rotatable bonds is 1. The molecule has 0 heterocycles. The second kappa shape index (κ2) is 6.28. The number of thioether (sulfide) groups is 1. The van der Waals surface area contributed by atoms with E-state index in [1.807, 2.05) is 0 Å². The maximum atomic E-state index is 2.19. The van der Waals surface area contributed by atoms with Gasteiger partial charge in [0, 0.05) is 4.90 Å². The zero-order chi connectivity index (χ0) is 6.69. The van der Waals surface area contributed by atoms with Crippen molar-refractivity contribution in [2.75, 3.05) is 6.26 Å². The Morgan fingerprint density at radius 1 is 1.27 bits per heavy atom. The van der Waals surface area contributed by atoms with Gasteiger partial charge in [0.25, 0.3) is 0 Å². The van der Waals surface area contributed by atoms with Crippen LogP contribution in [0.1, 0.15) is 0 Å². The molecule has 0 amide bonds. The SMILES string of the molecule is Bc1cccc(SC)c1.O.O. The third kappa shape index (κ3) is 4.08. The van der Waals surface area contributed by atoms with Crippen LogP contribution in [0.3, 0.4) is 0 Å². The molecule has 0 aliphatic heterocycles. The van der Waals surface area contributed by atoms with Gasteiger partial charge in [-0.1, -0.05) is 23.7 Å². The third-order valence-corrected chi connectivity index (χ3v) is 1.95. The largest absolute Gasteiger partial charge is 0.412 e. The van der Waals surface area contributed by atoms with E-state index in [9.17, 15) is 0 Å². The molecule has 11 heavy (non-hydrogen) atoms. The van der Waals surface area contributed by atoms with Crippen LogP contribution in [0.2, 0.25) is 0 Å². The number of hydrogen-bond acceptors (Lipinski definition) is 1. The summed E-state index contributed by atoms with van der Waals surface area (Å²) in [5, 5.41) is 0. The van der Waals surface area contributed by atoms with Crippen LogP contribution in [0.25, 0.3) is 0 Å². The van der Waals surface area contributed by atoms with E-state index in [0.29, 0.717) is 0 Å². The lowest BCUT2D eigenvalue weighted by Gasteiger charge is -1.94. The van der Waals surface area contributed by atoms with Crippen molar-refractivity contribution in [1.82, 2.24) is 0 Å². The van der Waals surface area contributed by atoms with Gasteiger partial charge in [-0.15, -0.1) is 11.8 Å². The normalized spacial score (nSPS) is 7.73. The highest BCUT2D eigenvalue weighted by Crippen LogP contribution is 2.10. The van der Waals surface area contributed by atoms with Crippen LogP contribution in [0.4, 0.5) is 0 Å². The monoisotopic (exact) mass is 172 g/mol. The van der Waals surface area contributed by atoms with Crippen LogP contribution in [0, 0.1) is 0 Å². The molecule has 62 valence electrons. The molecule has 0 saturated carbocycles. The first-order valence-corrected chi connectivity index (χ1v) is 4.16. The molecule has 0 aliphatic carbocycles. The fraction of sp³-hybridized carbons (Fsp3) is 0.143. The molecule has 4 N–H and O–H groups in total. The molecule has 0 unspecified atom stereocenters. The highest BCUT2D eigenvalue weighted by atomic mass is 32.2. The predicted octanol–water partition coefficient (Wildman–Crippen LogP) is -0.982. The van der Waals surface area contributed by atoms with E-state index in [4.69, 9.17) is 0 Å². The fourth-order valence-corrected chi connectivity index (χ4v) is 1.26. The van der Waals surface area contributed by atoms with E-state index < -0.39 is 0 Å². The smallest absolute Gasteiger partial charge is 0.139 e. The molecule has 0 atom stereocenters. The van der Waals surface area contributed by atoms with Crippen molar-refractivity contribution in [2.45, 2.75) is 4.90 Å². The average molecular weight is 172 g/mol. The zero-order valence-corrected chi connectivity index (χ0v) is 7.53. The van der Waals surface area contributed by atoms with E-state index in [1.165, 1.54) is 10.4 Å². The molecule has 0 aliphatic rings. The Morgan fingerprint density at radius 3 is 2.27 bits per heavy atom. The van der Waals surface area contributed by atoms with E-state index in [2.05, 4.69) is 38.4 Å². The van der Waals surface area contributed by atoms with Crippen molar-refractivity contribution < 1.29 is 11.0 Å². The van der Waals surface area contributed by atoms with Crippen LogP contribution in [-0.2, 0) is 0 Å². The Morgan fingerprint density at radius 2 is 1.91 bits per heavy atom. The lowest BCUT2D eigenvalue weighted by atomic mass is 9.97. The summed E-state index contributed by atoms with van der Waals surface area (Å²) >= 11 is 1.78. The van der Waals surface area contributed by atoms with E-state index in [0.717, 1.165) is 0 Å². The van der Waals surface area contributed by atoms with Crippen molar-refractivity contribution in [3.63, 3.8) is 0 Å². The molecule has 1 aromatic carbocycles. The Labute approximate surface area is 72.0 Å². The molecule has 1 rings (SSSR count). The summed E-state index contributed by atoms with van der Waals surface area (Å²) in [7, 11) is 2.11. The van der Waals surface area contributed by atoms with Crippen LogP contribution in [0.5, 0.6) is 0 Å². The Balaban J connectivity index is 0. The van der Waals surface area contributed by atoms with Gasteiger partial charge >= 0.3 is 0 Å². The second-order valence-electron chi connectivity index (χ2n) is 2.02. The van der Waals surface area contributed by atoms with Gasteiger partial charge in [-0.05, 0) is 12.3 Å². The standard InChI is InChI=1S/C7H9BS.2H2O/c1-9-7-4-2-3-6(8)5-7;;/h2-5H,8H2,1H3;2*1H2. The van der Waals surface area contributed by atoms with Crippen molar-refractivity contribution in [3.8, 4) is 0 Å². The first-order chi connectivity index (χ1) is 4.33. The lowest BCUT2D eigenvalue weighted by Crippen LogP contribution is -1.99. The molecule has 0 bridgehead atoms. The summed E-state index contributed by atoms with van der Waals surface area (Å²) in [6.07, 6.45) is 2.09. The summed E-state index contributed by atoms with van der Waals surface area (Å²) in [6, 6.07) is 8.50. The average Bonchev–Trinajstić information content (AvgIpc) is 1.88. The van der Waals surface area contributed by atoms with E-state index in [-0.39, 0.29) is 11.0 Å². The molecule has 0 spiro atoms. The van der Waals surface area contributed by atoms with Gasteiger partial charge in [-0.25, -0.2) is 0 Å². The molecular weight excluding hydrogens is 159 g/mol. The Bertz CT molecular complexity index is 205. The molecule has 0 aromatic heterocycles.